The zero-order valence-electron chi connectivity index (χ0n) is 10.8. The van der Waals surface area contributed by atoms with E-state index < -0.39 is 11.6 Å². The quantitative estimate of drug-likeness (QED) is 0.473. The van der Waals surface area contributed by atoms with Crippen LogP contribution in [-0.4, -0.2) is 12.6 Å². The first-order valence-corrected chi connectivity index (χ1v) is 5.97. The standard InChI is InChI=1S/2C7H6O.2ClH.HO2S/c2*8-6-7-4-2-1-3-5-7;;;1-3-2/h2*1-6H;2*1H;3H/q;;;;-1. The van der Waals surface area contributed by atoms with Crippen LogP contribution in [0.15, 0.2) is 60.7 Å². The summed E-state index contributed by atoms with van der Waals surface area (Å²) < 4.78 is 16.7. The van der Waals surface area contributed by atoms with E-state index >= 15 is 0 Å². The number of hydrogen-bond acceptors (Lipinski definition) is 5. The Hall–Kier alpha value is -1.69. The van der Waals surface area contributed by atoms with Crippen LogP contribution in [-0.2, 0) is 20.0 Å². The fraction of sp³-hybridized carbons (Fsp3) is 0. The first-order valence-electron chi connectivity index (χ1n) is 5.24. The minimum atomic E-state index is -1.08. The second-order valence-corrected chi connectivity index (χ2v) is 3.28. The molecule has 2 rings (SSSR count). The van der Waals surface area contributed by atoms with Crippen molar-refractivity contribution in [3.8, 4) is 0 Å². The van der Waals surface area contributed by atoms with Crippen molar-refractivity contribution in [2.24, 2.45) is 0 Å². The van der Waals surface area contributed by atoms with Crippen LogP contribution in [0, 0.1) is 0 Å². The van der Waals surface area contributed by atoms with Crippen molar-refractivity contribution < 1.29 is 18.0 Å². The lowest BCUT2D eigenvalue weighted by molar-refractivity contribution is 0.111. The van der Waals surface area contributed by atoms with Crippen LogP contribution in [0.1, 0.15) is 20.7 Å². The molecule has 0 heterocycles. The van der Waals surface area contributed by atoms with E-state index in [1.54, 1.807) is 24.3 Å². The Bertz CT molecular complexity index is 472. The smallest absolute Gasteiger partial charge is 0.150 e. The third-order valence-electron chi connectivity index (χ3n) is 1.87. The second-order valence-electron chi connectivity index (χ2n) is 3.13. The molecule has 2 aromatic carbocycles. The monoisotopic (exact) mass is 349 g/mol. The summed E-state index contributed by atoms with van der Waals surface area (Å²) in [5.41, 5.74) is 1.46. The van der Waals surface area contributed by atoms with Crippen LogP contribution >= 0.6 is 24.8 Å². The van der Waals surface area contributed by atoms with Gasteiger partial charge < -0.3 is 8.42 Å². The van der Waals surface area contributed by atoms with Crippen LogP contribution in [0.2, 0.25) is 0 Å². The summed E-state index contributed by atoms with van der Waals surface area (Å²) >= 11 is -1.08. The molecular weight excluding hydrogens is 335 g/mol. The molecular formula is C14H15Cl2O4S-. The molecule has 0 N–H and O–H groups in total. The number of carbonyl (C=O) groups excluding carboxylic acids is 2. The SMILES string of the molecule is Cl.Cl.O=Cc1ccccc1.O=Cc1ccccc1.O=[SH-]=O. The normalized spacial score (nSPS) is 7.24. The second kappa shape index (κ2) is 18.3. The minimum Gasteiger partial charge on any atom is -0.427 e. The van der Waals surface area contributed by atoms with Gasteiger partial charge in [0.25, 0.3) is 0 Å². The molecule has 4 nitrogen and oxygen atoms in total. The molecule has 0 amide bonds. The Balaban J connectivity index is -0.000000242. The van der Waals surface area contributed by atoms with Crippen molar-refractivity contribution in [3.05, 3.63) is 71.8 Å². The number of aldehydes is 2. The predicted molar refractivity (Wildman–Crippen MR) is 88.3 cm³/mol. The van der Waals surface area contributed by atoms with E-state index in [1.165, 1.54) is 0 Å². The highest BCUT2D eigenvalue weighted by molar-refractivity contribution is 7.51. The molecule has 0 spiro atoms. The van der Waals surface area contributed by atoms with Gasteiger partial charge in [-0.15, -0.1) is 24.8 Å². The maximum Gasteiger partial charge on any atom is 0.150 e. The Morgan fingerprint density at radius 3 is 1.00 bits per heavy atom. The average molecular weight is 350 g/mol. The molecule has 0 aliphatic heterocycles. The minimum absolute atomic E-state index is 0. The highest BCUT2D eigenvalue weighted by Crippen LogP contribution is 1.92. The van der Waals surface area contributed by atoms with Gasteiger partial charge in [-0.3, -0.25) is 9.59 Å². The lowest BCUT2D eigenvalue weighted by Crippen LogP contribution is -1.73. The van der Waals surface area contributed by atoms with Gasteiger partial charge >= 0.3 is 0 Å². The number of halogens is 2. The molecule has 0 radical (unpaired) electrons. The number of thiol groups is 1. The molecule has 0 aliphatic carbocycles. The van der Waals surface area contributed by atoms with Crippen LogP contribution in [0.3, 0.4) is 0 Å². The van der Waals surface area contributed by atoms with Crippen molar-refractivity contribution in [1.82, 2.24) is 0 Å². The van der Waals surface area contributed by atoms with Gasteiger partial charge in [-0.2, -0.15) is 0 Å². The van der Waals surface area contributed by atoms with Crippen molar-refractivity contribution >= 4 is 49.0 Å². The van der Waals surface area contributed by atoms with Gasteiger partial charge in [0, 0.05) is 11.1 Å². The van der Waals surface area contributed by atoms with Gasteiger partial charge in [0.05, 0.1) is 0 Å². The molecule has 0 saturated carbocycles. The van der Waals surface area contributed by atoms with E-state index in [0.717, 1.165) is 23.7 Å². The van der Waals surface area contributed by atoms with Crippen molar-refractivity contribution in [2.75, 3.05) is 0 Å². The van der Waals surface area contributed by atoms with Gasteiger partial charge in [0.2, 0.25) is 0 Å². The highest BCUT2D eigenvalue weighted by Gasteiger charge is 1.80. The molecule has 0 bridgehead atoms. The molecule has 7 heteroatoms. The first kappa shape index (κ1) is 24.3. The molecule has 21 heavy (non-hydrogen) atoms. The largest absolute Gasteiger partial charge is 0.427 e. The topological polar surface area (TPSA) is 68.3 Å². The van der Waals surface area contributed by atoms with Crippen LogP contribution < -0.4 is 0 Å². The third-order valence-corrected chi connectivity index (χ3v) is 1.87. The lowest BCUT2D eigenvalue weighted by Gasteiger charge is -1.81. The molecule has 0 atom stereocenters. The Morgan fingerprint density at radius 2 is 0.857 bits per heavy atom. The molecule has 0 unspecified atom stereocenters. The van der Waals surface area contributed by atoms with Crippen molar-refractivity contribution in [3.63, 3.8) is 0 Å². The summed E-state index contributed by atoms with van der Waals surface area (Å²) in [6, 6.07) is 18.2. The summed E-state index contributed by atoms with van der Waals surface area (Å²) in [6.07, 6.45) is 1.67. The first-order chi connectivity index (χ1) is 9.28. The predicted octanol–water partition coefficient (Wildman–Crippen LogP) is 3.33. The molecule has 0 saturated heterocycles. The third kappa shape index (κ3) is 14.5. The maximum absolute atomic E-state index is 10.0. The number of hydrogen-bond donors (Lipinski definition) is 0. The van der Waals surface area contributed by atoms with Gasteiger partial charge in [-0.1, -0.05) is 72.2 Å². The molecule has 0 fully saturated rings. The van der Waals surface area contributed by atoms with E-state index in [2.05, 4.69) is 0 Å². The highest BCUT2D eigenvalue weighted by atomic mass is 35.5. The van der Waals surface area contributed by atoms with E-state index in [-0.39, 0.29) is 24.8 Å². The van der Waals surface area contributed by atoms with Crippen LogP contribution in [0.25, 0.3) is 0 Å². The molecule has 2 aromatic rings. The summed E-state index contributed by atoms with van der Waals surface area (Å²) in [7, 11) is 0. The fourth-order valence-electron chi connectivity index (χ4n) is 1.06. The molecule has 116 valence electrons. The average Bonchev–Trinajstić information content (AvgIpc) is 2.50. The molecule has 0 aromatic heterocycles. The number of benzene rings is 2. The lowest BCUT2D eigenvalue weighted by atomic mass is 10.2. The van der Waals surface area contributed by atoms with E-state index in [1.807, 2.05) is 36.4 Å². The summed E-state index contributed by atoms with van der Waals surface area (Å²) in [5, 5.41) is 0. The number of carbonyl (C=O) groups is 2. The summed E-state index contributed by atoms with van der Waals surface area (Å²) in [6.45, 7) is 0. The van der Waals surface area contributed by atoms with Gasteiger partial charge in [-0.25, -0.2) is 0 Å². The zero-order valence-corrected chi connectivity index (χ0v) is 13.4. The maximum atomic E-state index is 10.0. The summed E-state index contributed by atoms with van der Waals surface area (Å²) in [5.74, 6) is 0. The summed E-state index contributed by atoms with van der Waals surface area (Å²) in [4.78, 5) is 20.0. The zero-order chi connectivity index (χ0) is 14.3. The number of rotatable bonds is 2. The van der Waals surface area contributed by atoms with Crippen LogP contribution in [0.4, 0.5) is 0 Å². The van der Waals surface area contributed by atoms with Crippen LogP contribution in [0.5, 0.6) is 0 Å². The Morgan fingerprint density at radius 1 is 0.619 bits per heavy atom. The van der Waals surface area contributed by atoms with Gasteiger partial charge in [0.15, 0.2) is 0 Å². The van der Waals surface area contributed by atoms with Crippen molar-refractivity contribution in [2.45, 2.75) is 0 Å². The van der Waals surface area contributed by atoms with Gasteiger partial charge in [0.1, 0.15) is 12.6 Å². The van der Waals surface area contributed by atoms with Crippen molar-refractivity contribution in [1.29, 1.82) is 0 Å². The Labute approximate surface area is 139 Å². The molecule has 0 aliphatic rings. The van der Waals surface area contributed by atoms with E-state index in [4.69, 9.17) is 8.42 Å². The Kier molecular flexibility index (Phi) is 21.2. The van der Waals surface area contributed by atoms with E-state index in [9.17, 15) is 9.59 Å². The van der Waals surface area contributed by atoms with Gasteiger partial charge in [-0.05, 0) is 0 Å². The fourth-order valence-corrected chi connectivity index (χ4v) is 1.06. The van der Waals surface area contributed by atoms with E-state index in [0.29, 0.717) is 0 Å².